The van der Waals surface area contributed by atoms with Gasteiger partial charge in [0.2, 0.25) is 21.1 Å². The molecule has 1 heterocycles. The lowest BCUT2D eigenvalue weighted by atomic mass is 10.3. The van der Waals surface area contributed by atoms with Crippen LogP contribution in [0.25, 0.3) is 0 Å². The molecule has 0 bridgehead atoms. The van der Waals surface area contributed by atoms with Crippen molar-refractivity contribution in [2.75, 3.05) is 37.6 Å². The summed E-state index contributed by atoms with van der Waals surface area (Å²) in [5.74, 6) is 0.559. The van der Waals surface area contributed by atoms with Crippen molar-refractivity contribution in [2.45, 2.75) is 9.24 Å². The summed E-state index contributed by atoms with van der Waals surface area (Å²) in [4.78, 5) is 12.4. The van der Waals surface area contributed by atoms with E-state index in [9.17, 15) is 13.2 Å². The molecule has 3 rings (SSSR count). The molecule has 31 heavy (non-hydrogen) atoms. The van der Waals surface area contributed by atoms with Crippen LogP contribution in [-0.2, 0) is 14.8 Å². The van der Waals surface area contributed by atoms with Gasteiger partial charge in [-0.05, 0) is 30.3 Å². The van der Waals surface area contributed by atoms with Crippen molar-refractivity contribution in [3.63, 3.8) is 0 Å². The number of hydrogen-bond acceptors (Lipinski definition) is 9. The Morgan fingerprint density at radius 1 is 1.13 bits per heavy atom. The Morgan fingerprint density at radius 3 is 2.61 bits per heavy atom. The molecule has 0 unspecified atom stereocenters. The van der Waals surface area contributed by atoms with Crippen LogP contribution < -0.4 is 15.4 Å². The standard InChI is InChI=1S/C19H21N5O4S3/c1-24(2)31(26,27)16-9-5-7-14(11-16)20-17(25)12-29-19-23-22-18(30-19)21-13-6-4-8-15(10-13)28-3/h4-11H,12H2,1-3H3,(H,20,25)(H,21,22). The molecular weight excluding hydrogens is 458 g/mol. The first-order valence-corrected chi connectivity index (χ1v) is 12.2. The lowest BCUT2D eigenvalue weighted by molar-refractivity contribution is -0.113. The molecule has 0 atom stereocenters. The zero-order valence-electron chi connectivity index (χ0n) is 17.0. The Labute approximate surface area is 188 Å². The summed E-state index contributed by atoms with van der Waals surface area (Å²) in [5, 5.41) is 14.6. The maximum absolute atomic E-state index is 12.3. The molecule has 2 aromatic carbocycles. The summed E-state index contributed by atoms with van der Waals surface area (Å²) < 4.78 is 31.4. The average molecular weight is 480 g/mol. The first kappa shape index (κ1) is 23.0. The van der Waals surface area contributed by atoms with E-state index in [0.29, 0.717) is 15.2 Å². The largest absolute Gasteiger partial charge is 0.497 e. The highest BCUT2D eigenvalue weighted by Crippen LogP contribution is 2.29. The minimum absolute atomic E-state index is 0.110. The lowest BCUT2D eigenvalue weighted by Crippen LogP contribution is -2.22. The van der Waals surface area contributed by atoms with Gasteiger partial charge < -0.3 is 15.4 Å². The van der Waals surface area contributed by atoms with E-state index in [2.05, 4.69) is 20.8 Å². The summed E-state index contributed by atoms with van der Waals surface area (Å²) in [6.07, 6.45) is 0. The van der Waals surface area contributed by atoms with Crippen molar-refractivity contribution in [1.82, 2.24) is 14.5 Å². The fraction of sp³-hybridized carbons (Fsp3) is 0.211. The lowest BCUT2D eigenvalue weighted by Gasteiger charge is -2.12. The molecule has 0 aliphatic carbocycles. The molecular formula is C19H21N5O4S3. The van der Waals surface area contributed by atoms with Crippen LogP contribution >= 0.6 is 23.1 Å². The molecule has 164 valence electrons. The Balaban J connectivity index is 1.56. The van der Waals surface area contributed by atoms with E-state index in [-0.39, 0.29) is 16.6 Å². The number of nitrogens with one attached hydrogen (secondary N) is 2. The third kappa shape index (κ3) is 6.17. The van der Waals surface area contributed by atoms with Gasteiger partial charge in [0.25, 0.3) is 0 Å². The Kier molecular flexibility index (Phi) is 7.49. The van der Waals surface area contributed by atoms with Crippen LogP contribution in [0.2, 0.25) is 0 Å². The van der Waals surface area contributed by atoms with Gasteiger partial charge in [0.05, 0.1) is 17.8 Å². The molecule has 0 saturated carbocycles. The maximum atomic E-state index is 12.3. The Morgan fingerprint density at radius 2 is 1.87 bits per heavy atom. The van der Waals surface area contributed by atoms with Gasteiger partial charge in [0.15, 0.2) is 4.34 Å². The van der Waals surface area contributed by atoms with Crippen molar-refractivity contribution in [2.24, 2.45) is 0 Å². The number of carbonyl (C=O) groups is 1. The van der Waals surface area contributed by atoms with Gasteiger partial charge in [-0.1, -0.05) is 35.2 Å². The molecule has 0 fully saturated rings. The van der Waals surface area contributed by atoms with Gasteiger partial charge in [-0.2, -0.15) is 0 Å². The summed E-state index contributed by atoms with van der Waals surface area (Å²) in [5.41, 5.74) is 1.23. The number of amides is 1. The van der Waals surface area contributed by atoms with Crippen LogP contribution in [0.3, 0.4) is 0 Å². The number of ether oxygens (including phenoxy) is 1. The van der Waals surface area contributed by atoms with Crippen LogP contribution in [0.5, 0.6) is 5.75 Å². The second-order valence-electron chi connectivity index (χ2n) is 6.38. The van der Waals surface area contributed by atoms with Crippen LogP contribution in [0.1, 0.15) is 0 Å². The first-order valence-electron chi connectivity index (χ1n) is 8.98. The van der Waals surface area contributed by atoms with E-state index in [4.69, 9.17) is 4.74 Å². The number of carbonyl (C=O) groups excluding carboxylic acids is 1. The molecule has 12 heteroatoms. The third-order valence-electron chi connectivity index (χ3n) is 3.95. The van der Waals surface area contributed by atoms with Gasteiger partial charge in [0.1, 0.15) is 5.75 Å². The van der Waals surface area contributed by atoms with Crippen molar-refractivity contribution >= 4 is 55.5 Å². The number of benzene rings is 2. The highest BCUT2D eigenvalue weighted by molar-refractivity contribution is 8.01. The van der Waals surface area contributed by atoms with Gasteiger partial charge in [0, 0.05) is 31.5 Å². The molecule has 0 spiro atoms. The third-order valence-corrected chi connectivity index (χ3v) is 7.73. The van der Waals surface area contributed by atoms with Crippen LogP contribution in [0.4, 0.5) is 16.5 Å². The monoisotopic (exact) mass is 479 g/mol. The van der Waals surface area contributed by atoms with Gasteiger partial charge in [-0.15, -0.1) is 10.2 Å². The maximum Gasteiger partial charge on any atom is 0.242 e. The van der Waals surface area contributed by atoms with E-state index in [1.807, 2.05) is 24.3 Å². The smallest absolute Gasteiger partial charge is 0.242 e. The summed E-state index contributed by atoms with van der Waals surface area (Å²) >= 11 is 2.57. The number of methoxy groups -OCH3 is 1. The highest BCUT2D eigenvalue weighted by Gasteiger charge is 2.17. The Bertz CT molecular complexity index is 1160. The normalized spacial score (nSPS) is 11.4. The molecule has 0 aliphatic heterocycles. The fourth-order valence-corrected chi connectivity index (χ4v) is 4.93. The van der Waals surface area contributed by atoms with Crippen molar-refractivity contribution in [3.05, 3.63) is 48.5 Å². The van der Waals surface area contributed by atoms with Crippen LogP contribution in [0, 0.1) is 0 Å². The number of nitrogens with zero attached hydrogens (tertiary/aromatic N) is 3. The van der Waals surface area contributed by atoms with E-state index < -0.39 is 10.0 Å². The predicted molar refractivity (Wildman–Crippen MR) is 123 cm³/mol. The summed E-state index contributed by atoms with van der Waals surface area (Å²) in [7, 11) is 0.936. The Hall–Kier alpha value is -2.67. The topological polar surface area (TPSA) is 114 Å². The second-order valence-corrected chi connectivity index (χ2v) is 10.7. The highest BCUT2D eigenvalue weighted by atomic mass is 32.2. The van der Waals surface area contributed by atoms with E-state index >= 15 is 0 Å². The summed E-state index contributed by atoms with van der Waals surface area (Å²) in [6, 6.07) is 13.6. The second kappa shape index (κ2) is 10.1. The molecule has 0 radical (unpaired) electrons. The first-order chi connectivity index (χ1) is 14.8. The molecule has 3 aromatic rings. The van der Waals surface area contributed by atoms with Gasteiger partial charge in [-0.25, -0.2) is 12.7 Å². The molecule has 1 aromatic heterocycles. The number of rotatable bonds is 9. The number of anilines is 3. The quantitative estimate of drug-likeness (QED) is 0.450. The van der Waals surface area contributed by atoms with E-state index in [1.54, 1.807) is 19.2 Å². The fourth-order valence-electron chi connectivity index (χ4n) is 2.41. The molecule has 9 nitrogen and oxygen atoms in total. The zero-order chi connectivity index (χ0) is 22.4. The minimum Gasteiger partial charge on any atom is -0.497 e. The van der Waals surface area contributed by atoms with E-state index in [1.165, 1.54) is 49.3 Å². The van der Waals surface area contributed by atoms with Gasteiger partial charge in [-0.3, -0.25) is 4.79 Å². The van der Waals surface area contributed by atoms with E-state index in [0.717, 1.165) is 15.7 Å². The van der Waals surface area contributed by atoms with Crippen molar-refractivity contribution in [1.29, 1.82) is 0 Å². The minimum atomic E-state index is -3.57. The number of hydrogen-bond donors (Lipinski definition) is 2. The van der Waals surface area contributed by atoms with Gasteiger partial charge >= 0.3 is 0 Å². The number of sulfonamides is 1. The SMILES string of the molecule is COc1cccc(Nc2nnc(SCC(=O)Nc3cccc(S(=O)(=O)N(C)C)c3)s2)c1. The molecule has 2 N–H and O–H groups in total. The average Bonchev–Trinajstić information content (AvgIpc) is 3.19. The molecule has 1 amide bonds. The predicted octanol–water partition coefficient (Wildman–Crippen LogP) is 3.27. The van der Waals surface area contributed by atoms with Crippen molar-refractivity contribution < 1.29 is 17.9 Å². The van der Waals surface area contributed by atoms with Crippen LogP contribution in [0.15, 0.2) is 57.8 Å². The van der Waals surface area contributed by atoms with Crippen molar-refractivity contribution in [3.8, 4) is 5.75 Å². The van der Waals surface area contributed by atoms with Crippen LogP contribution in [-0.4, -0.2) is 55.8 Å². The summed E-state index contributed by atoms with van der Waals surface area (Å²) in [6.45, 7) is 0. The number of thioether (sulfide) groups is 1. The molecule has 0 aliphatic rings. The zero-order valence-corrected chi connectivity index (χ0v) is 19.5. The molecule has 0 saturated heterocycles. The number of aromatic nitrogens is 2.